The number of methoxy groups -OCH3 is 1. The predicted molar refractivity (Wildman–Crippen MR) is 58.9 cm³/mol. The molecule has 1 heterocycles. The summed E-state index contributed by atoms with van der Waals surface area (Å²) in [7, 11) is 1.60. The number of ether oxygens (including phenoxy) is 1. The molecule has 1 rings (SSSR count). The van der Waals surface area contributed by atoms with Crippen LogP contribution in [0.1, 0.15) is 39.0 Å². The molecule has 0 bridgehead atoms. The predicted octanol–water partition coefficient (Wildman–Crippen LogP) is 1.99. The van der Waals surface area contributed by atoms with E-state index < -0.39 is 6.10 Å². The van der Waals surface area contributed by atoms with E-state index in [4.69, 9.17) is 4.74 Å². The van der Waals surface area contributed by atoms with Crippen molar-refractivity contribution in [3.8, 4) is 5.75 Å². The first-order chi connectivity index (χ1) is 7.10. The van der Waals surface area contributed by atoms with Crippen molar-refractivity contribution < 1.29 is 9.84 Å². The van der Waals surface area contributed by atoms with Crippen LogP contribution >= 0.6 is 0 Å². The number of nitrogens with zero attached hydrogens (tertiary/aromatic N) is 2. The third kappa shape index (κ3) is 2.72. The average Bonchev–Trinajstić information content (AvgIpc) is 2.58. The summed E-state index contributed by atoms with van der Waals surface area (Å²) in [4.78, 5) is 0. The van der Waals surface area contributed by atoms with Gasteiger partial charge in [-0.25, -0.2) is 0 Å². The highest BCUT2D eigenvalue weighted by atomic mass is 16.5. The van der Waals surface area contributed by atoms with E-state index in [-0.39, 0.29) is 0 Å². The Morgan fingerprint density at radius 1 is 1.53 bits per heavy atom. The second kappa shape index (κ2) is 5.16. The van der Waals surface area contributed by atoms with Crippen LogP contribution in [0.2, 0.25) is 0 Å². The van der Waals surface area contributed by atoms with Crippen LogP contribution in [0.4, 0.5) is 0 Å². The molecule has 1 atom stereocenters. The highest BCUT2D eigenvalue weighted by Gasteiger charge is 2.19. The summed E-state index contributed by atoms with van der Waals surface area (Å²) < 4.78 is 6.97. The number of aliphatic hydroxyl groups is 1. The van der Waals surface area contributed by atoms with Crippen LogP contribution in [-0.2, 0) is 6.54 Å². The Hall–Kier alpha value is -1.03. The van der Waals surface area contributed by atoms with Crippen LogP contribution in [0.25, 0.3) is 0 Å². The van der Waals surface area contributed by atoms with Gasteiger partial charge in [0, 0.05) is 6.54 Å². The maximum absolute atomic E-state index is 10.1. The molecule has 0 spiro atoms. The van der Waals surface area contributed by atoms with Crippen LogP contribution in [0.15, 0.2) is 6.20 Å². The molecule has 1 N–H and O–H groups in total. The summed E-state index contributed by atoms with van der Waals surface area (Å²) >= 11 is 0. The molecule has 4 nitrogen and oxygen atoms in total. The standard InChI is InChI=1S/C11H20N2O2/c1-5-13-11(9(14)6-8(2)3)10(15-4)7-12-13/h7-9,14H,5-6H2,1-4H3. The van der Waals surface area contributed by atoms with Gasteiger partial charge in [0.25, 0.3) is 0 Å². The maximum atomic E-state index is 10.1. The first-order valence-corrected chi connectivity index (χ1v) is 5.37. The topological polar surface area (TPSA) is 47.3 Å². The van der Waals surface area contributed by atoms with Crippen LogP contribution in [0, 0.1) is 5.92 Å². The SMILES string of the molecule is CCn1ncc(OC)c1C(O)CC(C)C. The number of rotatable bonds is 5. The van der Waals surface area contributed by atoms with Crippen LogP contribution in [0.3, 0.4) is 0 Å². The third-order valence-electron chi connectivity index (χ3n) is 2.37. The van der Waals surface area contributed by atoms with E-state index in [0.717, 1.165) is 18.7 Å². The fourth-order valence-corrected chi connectivity index (χ4v) is 1.68. The third-order valence-corrected chi connectivity index (χ3v) is 2.37. The summed E-state index contributed by atoms with van der Waals surface area (Å²) in [6.07, 6.45) is 1.88. The fourth-order valence-electron chi connectivity index (χ4n) is 1.68. The van der Waals surface area contributed by atoms with Gasteiger partial charge in [-0.3, -0.25) is 4.68 Å². The van der Waals surface area contributed by atoms with Gasteiger partial charge in [0.15, 0.2) is 5.75 Å². The lowest BCUT2D eigenvalue weighted by molar-refractivity contribution is 0.137. The summed E-state index contributed by atoms with van der Waals surface area (Å²) in [6.45, 7) is 6.91. The lowest BCUT2D eigenvalue weighted by Crippen LogP contribution is -2.11. The van der Waals surface area contributed by atoms with E-state index in [9.17, 15) is 5.11 Å². The van der Waals surface area contributed by atoms with Crippen LogP contribution in [0.5, 0.6) is 5.75 Å². The summed E-state index contributed by atoms with van der Waals surface area (Å²) in [5, 5.41) is 14.2. The van der Waals surface area contributed by atoms with Crippen molar-refractivity contribution in [2.24, 2.45) is 5.92 Å². The summed E-state index contributed by atoms with van der Waals surface area (Å²) in [6, 6.07) is 0. The fraction of sp³-hybridized carbons (Fsp3) is 0.727. The molecule has 0 radical (unpaired) electrons. The highest BCUT2D eigenvalue weighted by molar-refractivity contribution is 5.27. The minimum absolute atomic E-state index is 0.449. The van der Waals surface area contributed by atoms with Gasteiger partial charge in [0.05, 0.1) is 19.4 Å². The molecule has 86 valence electrons. The molecule has 0 fully saturated rings. The Kier molecular flexibility index (Phi) is 4.15. The molecule has 0 aliphatic heterocycles. The van der Waals surface area contributed by atoms with Crippen LogP contribution < -0.4 is 4.74 Å². The zero-order chi connectivity index (χ0) is 11.4. The molecule has 1 unspecified atom stereocenters. The van der Waals surface area contributed by atoms with Gasteiger partial charge in [0.1, 0.15) is 5.69 Å². The van der Waals surface area contributed by atoms with E-state index in [2.05, 4.69) is 18.9 Å². The molecule has 4 heteroatoms. The Balaban J connectivity index is 2.93. The molecule has 0 aromatic carbocycles. The lowest BCUT2D eigenvalue weighted by Gasteiger charge is -2.15. The van der Waals surface area contributed by atoms with Crippen molar-refractivity contribution in [3.63, 3.8) is 0 Å². The van der Waals surface area contributed by atoms with Gasteiger partial charge in [-0.2, -0.15) is 5.10 Å². The number of aliphatic hydroxyl groups excluding tert-OH is 1. The smallest absolute Gasteiger partial charge is 0.162 e. The van der Waals surface area contributed by atoms with Crippen molar-refractivity contribution in [1.82, 2.24) is 9.78 Å². The largest absolute Gasteiger partial charge is 0.493 e. The Morgan fingerprint density at radius 3 is 2.67 bits per heavy atom. The van der Waals surface area contributed by atoms with Crippen molar-refractivity contribution in [2.75, 3.05) is 7.11 Å². The first kappa shape index (κ1) is 12.0. The zero-order valence-electron chi connectivity index (χ0n) is 9.90. The first-order valence-electron chi connectivity index (χ1n) is 5.37. The molecular formula is C11H20N2O2. The Labute approximate surface area is 90.9 Å². The molecule has 0 aliphatic carbocycles. The normalized spacial score (nSPS) is 13.2. The van der Waals surface area contributed by atoms with Gasteiger partial charge in [-0.05, 0) is 19.3 Å². The molecule has 0 saturated carbocycles. The number of aryl methyl sites for hydroxylation is 1. The molecule has 15 heavy (non-hydrogen) atoms. The van der Waals surface area contributed by atoms with Gasteiger partial charge in [-0.15, -0.1) is 0 Å². The number of aromatic nitrogens is 2. The Morgan fingerprint density at radius 2 is 2.20 bits per heavy atom. The minimum atomic E-state index is -0.498. The second-order valence-electron chi connectivity index (χ2n) is 4.06. The molecule has 0 saturated heterocycles. The van der Waals surface area contributed by atoms with Gasteiger partial charge >= 0.3 is 0 Å². The summed E-state index contributed by atoms with van der Waals surface area (Å²) in [5.41, 5.74) is 0.786. The average molecular weight is 212 g/mol. The van der Waals surface area contributed by atoms with Crippen molar-refractivity contribution in [1.29, 1.82) is 0 Å². The van der Waals surface area contributed by atoms with Crippen molar-refractivity contribution in [2.45, 2.75) is 39.8 Å². The van der Waals surface area contributed by atoms with Gasteiger partial charge in [-0.1, -0.05) is 13.8 Å². The zero-order valence-corrected chi connectivity index (χ0v) is 9.90. The Bertz CT molecular complexity index is 286. The minimum Gasteiger partial charge on any atom is -0.493 e. The number of hydrogen-bond donors (Lipinski definition) is 1. The van der Waals surface area contributed by atoms with E-state index >= 15 is 0 Å². The maximum Gasteiger partial charge on any atom is 0.162 e. The van der Waals surface area contributed by atoms with Crippen molar-refractivity contribution in [3.05, 3.63) is 11.9 Å². The molecule has 0 aliphatic rings. The van der Waals surface area contributed by atoms with E-state index in [1.54, 1.807) is 18.0 Å². The van der Waals surface area contributed by atoms with Crippen LogP contribution in [-0.4, -0.2) is 22.0 Å². The molecule has 1 aromatic rings. The van der Waals surface area contributed by atoms with Gasteiger partial charge < -0.3 is 9.84 Å². The monoisotopic (exact) mass is 212 g/mol. The highest BCUT2D eigenvalue weighted by Crippen LogP contribution is 2.28. The van der Waals surface area contributed by atoms with Gasteiger partial charge in [0.2, 0.25) is 0 Å². The van der Waals surface area contributed by atoms with E-state index in [1.807, 2.05) is 6.92 Å². The quantitative estimate of drug-likeness (QED) is 0.812. The molecule has 1 aromatic heterocycles. The second-order valence-corrected chi connectivity index (χ2v) is 4.06. The van der Waals surface area contributed by atoms with Crippen molar-refractivity contribution >= 4 is 0 Å². The summed E-state index contributed by atoms with van der Waals surface area (Å²) in [5.74, 6) is 1.12. The van der Waals surface area contributed by atoms with E-state index in [0.29, 0.717) is 11.7 Å². The lowest BCUT2D eigenvalue weighted by atomic mass is 10.0. The number of hydrogen-bond acceptors (Lipinski definition) is 3. The molecule has 0 amide bonds. The van der Waals surface area contributed by atoms with E-state index in [1.165, 1.54) is 0 Å². The molecular weight excluding hydrogens is 192 g/mol.